The van der Waals surface area contributed by atoms with Gasteiger partial charge in [0.25, 0.3) is 5.19 Å². The van der Waals surface area contributed by atoms with Gasteiger partial charge in [-0.2, -0.15) is 0 Å². The third-order valence-electron chi connectivity index (χ3n) is 6.19. The van der Waals surface area contributed by atoms with E-state index in [9.17, 15) is 4.79 Å². The predicted molar refractivity (Wildman–Crippen MR) is 134 cm³/mol. The molecule has 1 amide bonds. The molecule has 0 spiro atoms. The number of nitrogens with zero attached hydrogens (tertiary/aromatic N) is 2. The van der Waals surface area contributed by atoms with Crippen molar-refractivity contribution in [1.29, 1.82) is 0 Å². The van der Waals surface area contributed by atoms with Gasteiger partial charge in [0, 0.05) is 38.3 Å². The lowest BCUT2D eigenvalue weighted by Crippen LogP contribution is -2.42. The zero-order chi connectivity index (χ0) is 22.6. The number of halogens is 1. The number of para-hydroxylation sites is 1. The Balaban J connectivity index is 1.22. The smallest absolute Gasteiger partial charge is 0.274 e. The summed E-state index contributed by atoms with van der Waals surface area (Å²) in [6.07, 6.45) is 2.14. The molecule has 5 rings (SSSR count). The van der Waals surface area contributed by atoms with Crippen LogP contribution in [0.3, 0.4) is 0 Å². The van der Waals surface area contributed by atoms with Crippen LogP contribution in [0.5, 0.6) is 5.19 Å². The fourth-order valence-corrected chi connectivity index (χ4v) is 5.59. The van der Waals surface area contributed by atoms with Crippen LogP contribution in [0, 0.1) is 0 Å². The molecule has 2 heterocycles. The van der Waals surface area contributed by atoms with Gasteiger partial charge >= 0.3 is 0 Å². The minimum absolute atomic E-state index is 0.0568. The molecular formula is C27H25ClN2O2S. The highest BCUT2D eigenvalue weighted by molar-refractivity contribution is 7.20. The van der Waals surface area contributed by atoms with Crippen LogP contribution in [0.1, 0.15) is 36.3 Å². The largest absolute Gasteiger partial charge is 0.467 e. The fourth-order valence-electron chi connectivity index (χ4n) is 4.41. The summed E-state index contributed by atoms with van der Waals surface area (Å²) >= 11 is 7.76. The molecular weight excluding hydrogens is 452 g/mol. The first-order valence-corrected chi connectivity index (χ1v) is 12.5. The Bertz CT molecular complexity index is 1180. The van der Waals surface area contributed by atoms with Crippen molar-refractivity contribution in [2.45, 2.75) is 31.3 Å². The number of benzene rings is 3. The zero-order valence-corrected chi connectivity index (χ0v) is 19.8. The molecule has 33 heavy (non-hydrogen) atoms. The molecule has 0 N–H and O–H groups in total. The lowest BCUT2D eigenvalue weighted by molar-refractivity contribution is -0.133. The highest BCUT2D eigenvalue weighted by Crippen LogP contribution is 2.34. The summed E-state index contributed by atoms with van der Waals surface area (Å²) in [5.41, 5.74) is 3.13. The lowest BCUT2D eigenvalue weighted by Gasteiger charge is -2.32. The van der Waals surface area contributed by atoms with E-state index in [1.54, 1.807) is 0 Å². The summed E-state index contributed by atoms with van der Waals surface area (Å²) in [7, 11) is 0. The van der Waals surface area contributed by atoms with E-state index in [1.165, 1.54) is 22.5 Å². The Hall–Kier alpha value is -2.89. The van der Waals surface area contributed by atoms with Gasteiger partial charge in [0.05, 0.1) is 9.72 Å². The summed E-state index contributed by atoms with van der Waals surface area (Å²) in [5.74, 6) is 0.249. The Morgan fingerprint density at radius 3 is 2.21 bits per heavy atom. The van der Waals surface area contributed by atoms with Crippen LogP contribution in [0.15, 0.2) is 78.9 Å². The molecule has 0 unspecified atom stereocenters. The first-order chi connectivity index (χ1) is 16.2. The standard InChI is InChI=1S/C27H25ClN2O2S/c28-23-12-7-13-24-26(23)29-27(33-24)32-21-14-16-30(17-15-21)25(31)18-22(19-8-3-1-4-9-19)20-10-5-2-6-11-20/h1-13,21-22H,14-18H2. The summed E-state index contributed by atoms with van der Waals surface area (Å²) in [6.45, 7) is 1.40. The number of fused-ring (bicyclic) bond motifs is 1. The molecule has 0 atom stereocenters. The second-order valence-corrected chi connectivity index (χ2v) is 9.74. The van der Waals surface area contributed by atoms with Crippen LogP contribution < -0.4 is 4.74 Å². The van der Waals surface area contributed by atoms with Crippen molar-refractivity contribution in [2.75, 3.05) is 13.1 Å². The van der Waals surface area contributed by atoms with Gasteiger partial charge in [-0.1, -0.05) is 89.7 Å². The molecule has 1 saturated heterocycles. The number of carbonyl (C=O) groups is 1. The average molecular weight is 477 g/mol. The van der Waals surface area contributed by atoms with E-state index in [0.717, 1.165) is 23.1 Å². The number of hydrogen-bond donors (Lipinski definition) is 0. The molecule has 0 saturated carbocycles. The maximum Gasteiger partial charge on any atom is 0.274 e. The van der Waals surface area contributed by atoms with Crippen molar-refractivity contribution in [2.24, 2.45) is 0 Å². The Kier molecular flexibility index (Phi) is 6.60. The number of ether oxygens (including phenoxy) is 1. The van der Waals surface area contributed by atoms with E-state index >= 15 is 0 Å². The summed E-state index contributed by atoms with van der Waals surface area (Å²) in [4.78, 5) is 19.8. The zero-order valence-electron chi connectivity index (χ0n) is 18.2. The molecule has 6 heteroatoms. The highest BCUT2D eigenvalue weighted by atomic mass is 35.5. The van der Waals surface area contributed by atoms with Crippen LogP contribution >= 0.6 is 22.9 Å². The number of hydrogen-bond acceptors (Lipinski definition) is 4. The predicted octanol–water partition coefficient (Wildman–Crippen LogP) is 6.54. The van der Waals surface area contributed by atoms with Crippen molar-refractivity contribution in [3.63, 3.8) is 0 Å². The molecule has 3 aromatic carbocycles. The maximum atomic E-state index is 13.2. The molecule has 1 aliphatic heterocycles. The normalized spacial score (nSPS) is 14.7. The SMILES string of the molecule is O=C(CC(c1ccccc1)c1ccccc1)N1CCC(Oc2nc3c(Cl)cccc3s2)CC1. The van der Waals surface area contributed by atoms with Crippen molar-refractivity contribution >= 4 is 39.1 Å². The minimum Gasteiger partial charge on any atom is -0.467 e. The number of piperidine rings is 1. The van der Waals surface area contributed by atoms with Gasteiger partial charge in [0.1, 0.15) is 11.6 Å². The molecule has 4 aromatic rings. The molecule has 1 aromatic heterocycles. The van der Waals surface area contributed by atoms with Crippen molar-refractivity contribution < 1.29 is 9.53 Å². The first kappa shape index (κ1) is 21.9. The van der Waals surface area contributed by atoms with Crippen LogP contribution in [0.25, 0.3) is 10.2 Å². The molecule has 0 aliphatic carbocycles. The number of likely N-dealkylation sites (tertiary alicyclic amines) is 1. The van der Waals surface area contributed by atoms with E-state index in [-0.39, 0.29) is 17.9 Å². The number of aromatic nitrogens is 1. The van der Waals surface area contributed by atoms with Gasteiger partial charge in [0.15, 0.2) is 0 Å². The van der Waals surface area contributed by atoms with Crippen molar-refractivity contribution in [3.05, 3.63) is 95.0 Å². The molecule has 168 valence electrons. The number of amides is 1. The quantitative estimate of drug-likeness (QED) is 0.317. The van der Waals surface area contributed by atoms with Gasteiger partial charge in [0.2, 0.25) is 5.91 Å². The van der Waals surface area contributed by atoms with E-state index in [2.05, 4.69) is 29.2 Å². The van der Waals surface area contributed by atoms with Crippen LogP contribution in [-0.4, -0.2) is 35.0 Å². The van der Waals surface area contributed by atoms with E-state index in [0.29, 0.717) is 29.7 Å². The third-order valence-corrected chi connectivity index (χ3v) is 7.41. The number of rotatable bonds is 6. The molecule has 4 nitrogen and oxygen atoms in total. The molecule has 0 radical (unpaired) electrons. The Morgan fingerprint density at radius 2 is 1.61 bits per heavy atom. The fraction of sp³-hybridized carbons (Fsp3) is 0.259. The van der Waals surface area contributed by atoms with Gasteiger partial charge in [-0.05, 0) is 23.3 Å². The van der Waals surface area contributed by atoms with Gasteiger partial charge in [-0.15, -0.1) is 0 Å². The summed E-state index contributed by atoms with van der Waals surface area (Å²) < 4.78 is 7.18. The highest BCUT2D eigenvalue weighted by Gasteiger charge is 2.27. The van der Waals surface area contributed by atoms with Crippen LogP contribution in [-0.2, 0) is 4.79 Å². The Labute approximate surface area is 202 Å². The minimum atomic E-state index is 0.0568. The monoisotopic (exact) mass is 476 g/mol. The molecule has 1 aliphatic rings. The summed E-state index contributed by atoms with van der Waals surface area (Å²) in [6, 6.07) is 26.4. The van der Waals surface area contributed by atoms with E-state index in [1.807, 2.05) is 59.5 Å². The van der Waals surface area contributed by atoms with Crippen LogP contribution in [0.2, 0.25) is 5.02 Å². The Morgan fingerprint density at radius 1 is 0.970 bits per heavy atom. The third kappa shape index (κ3) is 5.05. The summed E-state index contributed by atoms with van der Waals surface area (Å²) in [5, 5.41) is 1.29. The lowest BCUT2D eigenvalue weighted by atomic mass is 9.88. The van der Waals surface area contributed by atoms with E-state index in [4.69, 9.17) is 16.3 Å². The van der Waals surface area contributed by atoms with Gasteiger partial charge in [-0.3, -0.25) is 4.79 Å². The van der Waals surface area contributed by atoms with E-state index < -0.39 is 0 Å². The van der Waals surface area contributed by atoms with Crippen molar-refractivity contribution in [1.82, 2.24) is 9.88 Å². The number of thiazole rings is 1. The second kappa shape index (κ2) is 9.94. The second-order valence-electron chi connectivity index (χ2n) is 8.34. The maximum absolute atomic E-state index is 13.2. The van der Waals surface area contributed by atoms with Crippen LogP contribution in [0.4, 0.5) is 0 Å². The van der Waals surface area contributed by atoms with Gasteiger partial charge < -0.3 is 9.64 Å². The molecule has 1 fully saturated rings. The van der Waals surface area contributed by atoms with Crippen molar-refractivity contribution in [3.8, 4) is 5.19 Å². The average Bonchev–Trinajstić information content (AvgIpc) is 3.28. The molecule has 0 bridgehead atoms. The number of carbonyl (C=O) groups excluding carboxylic acids is 1. The topological polar surface area (TPSA) is 42.4 Å². The first-order valence-electron chi connectivity index (χ1n) is 11.3. The van der Waals surface area contributed by atoms with Gasteiger partial charge in [-0.25, -0.2) is 4.98 Å².